The molecule has 1 heterocycles. The molecule has 1 aromatic carbocycles. The van der Waals surface area contributed by atoms with Crippen LogP contribution >= 0.6 is 0 Å². The van der Waals surface area contributed by atoms with Crippen LogP contribution in [0.25, 0.3) is 0 Å². The molecular formula is C15H16FN3O5. The van der Waals surface area contributed by atoms with Crippen molar-refractivity contribution < 1.29 is 28.2 Å². The molecule has 2 aromatic rings. The highest BCUT2D eigenvalue weighted by molar-refractivity contribution is 5.92. The molecule has 0 fully saturated rings. The molecule has 24 heavy (non-hydrogen) atoms. The molecule has 1 aromatic heterocycles. The van der Waals surface area contributed by atoms with Gasteiger partial charge in [-0.15, -0.1) is 5.06 Å². The van der Waals surface area contributed by atoms with Gasteiger partial charge in [-0.2, -0.15) is 9.97 Å². The summed E-state index contributed by atoms with van der Waals surface area (Å²) >= 11 is 0. The van der Waals surface area contributed by atoms with Crippen LogP contribution in [0.5, 0.6) is 23.5 Å². The second kappa shape index (κ2) is 7.55. The van der Waals surface area contributed by atoms with Crippen LogP contribution in [0.15, 0.2) is 24.3 Å². The fourth-order valence-corrected chi connectivity index (χ4v) is 1.74. The van der Waals surface area contributed by atoms with E-state index in [0.717, 1.165) is 11.1 Å². The van der Waals surface area contributed by atoms with Gasteiger partial charge in [0.05, 0.1) is 20.3 Å². The number of hydrogen-bond donors (Lipinski definition) is 0. The Labute approximate surface area is 137 Å². The Morgan fingerprint density at radius 1 is 1.12 bits per heavy atom. The molecule has 0 unspecified atom stereocenters. The predicted octanol–water partition coefficient (Wildman–Crippen LogP) is 2.06. The van der Waals surface area contributed by atoms with Crippen LogP contribution < -0.4 is 14.2 Å². The summed E-state index contributed by atoms with van der Waals surface area (Å²) in [6.45, 7) is 0. The van der Waals surface area contributed by atoms with E-state index in [1.54, 1.807) is 0 Å². The van der Waals surface area contributed by atoms with Crippen LogP contribution in [0.1, 0.15) is 10.4 Å². The fraction of sp³-hybridized carbons (Fsp3) is 0.267. The number of rotatable bonds is 6. The van der Waals surface area contributed by atoms with Crippen LogP contribution in [0.2, 0.25) is 0 Å². The molecule has 9 heteroatoms. The van der Waals surface area contributed by atoms with Gasteiger partial charge in [-0.25, -0.2) is 9.18 Å². The number of carbonyl (C=O) groups is 1. The summed E-state index contributed by atoms with van der Waals surface area (Å²) in [5, 5.41) is 1.14. The lowest BCUT2D eigenvalue weighted by Crippen LogP contribution is -2.20. The quantitative estimate of drug-likeness (QED) is 0.741. The standard InChI is InChI=1S/C15H16FN3O5/c1-19(2)24-14(20)13-9(16)6-5-7-10(13)23-15-17-11(21-3)8-12(18-15)22-4/h5-8H,1-4H3. The van der Waals surface area contributed by atoms with Crippen LogP contribution in [-0.4, -0.2) is 49.3 Å². The Morgan fingerprint density at radius 3 is 2.29 bits per heavy atom. The van der Waals surface area contributed by atoms with Crippen LogP contribution in [0.4, 0.5) is 4.39 Å². The number of halogens is 1. The third kappa shape index (κ3) is 4.07. The summed E-state index contributed by atoms with van der Waals surface area (Å²) in [7, 11) is 5.81. The summed E-state index contributed by atoms with van der Waals surface area (Å²) in [5.41, 5.74) is -0.378. The van der Waals surface area contributed by atoms with E-state index < -0.39 is 11.8 Å². The van der Waals surface area contributed by atoms with Crippen LogP contribution in [0, 0.1) is 5.82 Å². The third-order valence-electron chi connectivity index (χ3n) is 2.72. The van der Waals surface area contributed by atoms with Crippen LogP contribution in [0.3, 0.4) is 0 Å². The van der Waals surface area contributed by atoms with Gasteiger partial charge in [-0.3, -0.25) is 0 Å². The number of methoxy groups -OCH3 is 2. The van der Waals surface area contributed by atoms with Crippen molar-refractivity contribution in [3.05, 3.63) is 35.6 Å². The minimum Gasteiger partial charge on any atom is -0.481 e. The Hall–Kier alpha value is -2.94. The first-order valence-corrected chi connectivity index (χ1v) is 6.77. The molecule has 0 aliphatic heterocycles. The fourth-order valence-electron chi connectivity index (χ4n) is 1.74. The normalized spacial score (nSPS) is 10.4. The van der Waals surface area contributed by atoms with Crippen molar-refractivity contribution in [1.82, 2.24) is 15.0 Å². The highest BCUT2D eigenvalue weighted by atomic mass is 19.1. The SMILES string of the molecule is COc1cc(OC)nc(Oc2cccc(F)c2C(=O)ON(C)C)n1. The maximum Gasteiger partial charge on any atom is 0.363 e. The Bertz CT molecular complexity index is 717. The van der Waals surface area contributed by atoms with Gasteiger partial charge in [0, 0.05) is 14.1 Å². The molecule has 0 saturated heterocycles. The minimum atomic E-state index is -0.914. The van der Waals surface area contributed by atoms with Crippen molar-refractivity contribution >= 4 is 5.97 Å². The van der Waals surface area contributed by atoms with Gasteiger partial charge in [-0.05, 0) is 12.1 Å². The van der Waals surface area contributed by atoms with Crippen molar-refractivity contribution in [3.63, 3.8) is 0 Å². The number of carbonyl (C=O) groups excluding carboxylic acids is 1. The van der Waals surface area contributed by atoms with Crippen molar-refractivity contribution in [2.24, 2.45) is 0 Å². The second-order valence-corrected chi connectivity index (χ2v) is 4.64. The van der Waals surface area contributed by atoms with E-state index >= 15 is 0 Å². The van der Waals surface area contributed by atoms with Gasteiger partial charge < -0.3 is 19.0 Å². The lowest BCUT2D eigenvalue weighted by Gasteiger charge is -2.13. The number of benzene rings is 1. The zero-order chi connectivity index (χ0) is 17.7. The lowest BCUT2D eigenvalue weighted by atomic mass is 10.2. The average Bonchev–Trinajstić information content (AvgIpc) is 2.53. The average molecular weight is 337 g/mol. The number of aromatic nitrogens is 2. The van der Waals surface area contributed by atoms with Crippen molar-refractivity contribution in [2.45, 2.75) is 0 Å². The molecule has 0 aliphatic carbocycles. The molecule has 0 radical (unpaired) electrons. The summed E-state index contributed by atoms with van der Waals surface area (Å²) in [4.78, 5) is 24.9. The summed E-state index contributed by atoms with van der Waals surface area (Å²) in [6.07, 6.45) is 0. The Kier molecular flexibility index (Phi) is 5.48. The smallest absolute Gasteiger partial charge is 0.363 e. The van der Waals surface area contributed by atoms with E-state index in [9.17, 15) is 9.18 Å². The number of hydroxylamine groups is 2. The second-order valence-electron chi connectivity index (χ2n) is 4.64. The molecule has 128 valence electrons. The number of ether oxygens (including phenoxy) is 3. The van der Waals surface area contributed by atoms with E-state index in [1.165, 1.54) is 46.5 Å². The number of nitrogens with zero attached hydrogens (tertiary/aromatic N) is 3. The van der Waals surface area contributed by atoms with Gasteiger partial charge >= 0.3 is 12.0 Å². The van der Waals surface area contributed by atoms with Gasteiger partial charge in [0.2, 0.25) is 11.8 Å². The Balaban J connectivity index is 2.40. The maximum absolute atomic E-state index is 14.1. The van der Waals surface area contributed by atoms with E-state index in [1.807, 2.05) is 0 Å². The zero-order valence-corrected chi connectivity index (χ0v) is 13.6. The summed E-state index contributed by atoms with van der Waals surface area (Å²) in [6, 6.07) is 5.17. The van der Waals surface area contributed by atoms with Gasteiger partial charge in [0.1, 0.15) is 17.1 Å². The van der Waals surface area contributed by atoms with Crippen molar-refractivity contribution in [2.75, 3.05) is 28.3 Å². The monoisotopic (exact) mass is 337 g/mol. The van der Waals surface area contributed by atoms with E-state index in [4.69, 9.17) is 19.0 Å². The first kappa shape index (κ1) is 17.4. The largest absolute Gasteiger partial charge is 0.481 e. The molecular weight excluding hydrogens is 321 g/mol. The van der Waals surface area contributed by atoms with Gasteiger partial charge in [-0.1, -0.05) is 6.07 Å². The van der Waals surface area contributed by atoms with E-state index in [2.05, 4.69) is 9.97 Å². The first-order valence-electron chi connectivity index (χ1n) is 6.77. The molecule has 0 bridgehead atoms. The highest BCUT2D eigenvalue weighted by Crippen LogP contribution is 2.28. The molecule has 0 atom stereocenters. The molecule has 0 aliphatic rings. The minimum absolute atomic E-state index is 0.0999. The molecule has 8 nitrogen and oxygen atoms in total. The predicted molar refractivity (Wildman–Crippen MR) is 80.7 cm³/mol. The maximum atomic E-state index is 14.1. The third-order valence-corrected chi connectivity index (χ3v) is 2.72. The lowest BCUT2D eigenvalue weighted by molar-refractivity contribution is -0.0718. The molecule has 2 rings (SSSR count). The molecule has 0 saturated carbocycles. The highest BCUT2D eigenvalue weighted by Gasteiger charge is 2.22. The van der Waals surface area contributed by atoms with Gasteiger partial charge in [0.25, 0.3) is 0 Å². The van der Waals surface area contributed by atoms with Crippen molar-refractivity contribution in [1.29, 1.82) is 0 Å². The molecule has 0 spiro atoms. The Morgan fingerprint density at radius 2 is 1.75 bits per heavy atom. The van der Waals surface area contributed by atoms with Crippen LogP contribution in [-0.2, 0) is 4.84 Å². The zero-order valence-electron chi connectivity index (χ0n) is 13.6. The van der Waals surface area contributed by atoms with E-state index in [0.29, 0.717) is 0 Å². The molecule has 0 amide bonds. The first-order chi connectivity index (χ1) is 11.4. The summed E-state index contributed by atoms with van der Waals surface area (Å²) in [5.74, 6) is -1.44. The summed E-state index contributed by atoms with van der Waals surface area (Å²) < 4.78 is 29.5. The van der Waals surface area contributed by atoms with Crippen molar-refractivity contribution in [3.8, 4) is 23.5 Å². The van der Waals surface area contributed by atoms with Gasteiger partial charge in [0.15, 0.2) is 0 Å². The van der Waals surface area contributed by atoms with E-state index in [-0.39, 0.29) is 29.1 Å². The topological polar surface area (TPSA) is 83.0 Å². The number of hydrogen-bond acceptors (Lipinski definition) is 8. The molecule has 0 N–H and O–H groups in total.